The zero-order chi connectivity index (χ0) is 15.1. The van der Waals surface area contributed by atoms with Crippen molar-refractivity contribution < 1.29 is 28.8 Å². The number of carboxylic acids is 1. The first kappa shape index (κ1) is 15.6. The predicted octanol–water partition coefficient (Wildman–Crippen LogP) is -0.822. The van der Waals surface area contributed by atoms with Gasteiger partial charge in [0.25, 0.3) is 0 Å². The number of aldehydes is 1. The van der Waals surface area contributed by atoms with E-state index < -0.39 is 30.6 Å². The molecule has 110 valence electrons. The summed E-state index contributed by atoms with van der Waals surface area (Å²) in [6.45, 7) is 1.09. The van der Waals surface area contributed by atoms with Crippen LogP contribution in [0, 0.1) is 6.92 Å². The van der Waals surface area contributed by atoms with Crippen molar-refractivity contribution in [2.45, 2.75) is 19.1 Å². The van der Waals surface area contributed by atoms with E-state index in [-0.39, 0.29) is 5.82 Å². The van der Waals surface area contributed by atoms with E-state index in [1.807, 2.05) is 0 Å². The number of amides is 1. The van der Waals surface area contributed by atoms with Gasteiger partial charge in [0, 0.05) is 13.2 Å². The standard InChI is InChI=1S/C11H15N3O6/c1-6-3-8(14-20-6)13-10(7(5-15)19-2)11(18)12-4-9(16)17/h3,5,7,10H,4H2,1-2H3,(H,12,18)(H,13,14)(H,16,17)/t7?,10-/m0/s1. The maximum atomic E-state index is 11.9. The minimum Gasteiger partial charge on any atom is -0.480 e. The number of hydrogen-bond donors (Lipinski definition) is 3. The van der Waals surface area contributed by atoms with Crippen LogP contribution in [0.4, 0.5) is 5.82 Å². The number of rotatable bonds is 8. The molecule has 0 aliphatic heterocycles. The molecule has 0 aliphatic rings. The fourth-order valence-corrected chi connectivity index (χ4v) is 1.43. The molecule has 0 radical (unpaired) electrons. The fourth-order valence-electron chi connectivity index (χ4n) is 1.43. The number of carbonyl (C=O) groups is 3. The van der Waals surface area contributed by atoms with Crippen LogP contribution < -0.4 is 10.6 Å². The molecule has 9 heteroatoms. The largest absolute Gasteiger partial charge is 0.480 e. The van der Waals surface area contributed by atoms with Gasteiger partial charge in [-0.15, -0.1) is 0 Å². The third-order valence-electron chi connectivity index (χ3n) is 2.36. The lowest BCUT2D eigenvalue weighted by Gasteiger charge is -2.21. The van der Waals surface area contributed by atoms with Crippen molar-refractivity contribution in [3.05, 3.63) is 11.8 Å². The fraction of sp³-hybridized carbons (Fsp3) is 0.455. The van der Waals surface area contributed by atoms with Crippen LogP contribution in [0.2, 0.25) is 0 Å². The maximum Gasteiger partial charge on any atom is 0.322 e. The molecule has 0 bridgehead atoms. The molecule has 1 heterocycles. The first-order chi connectivity index (χ1) is 9.47. The van der Waals surface area contributed by atoms with Crippen LogP contribution in [0.5, 0.6) is 0 Å². The second-order valence-corrected chi connectivity index (χ2v) is 3.89. The zero-order valence-corrected chi connectivity index (χ0v) is 11.0. The lowest BCUT2D eigenvalue weighted by atomic mass is 10.1. The highest BCUT2D eigenvalue weighted by Gasteiger charge is 2.29. The van der Waals surface area contributed by atoms with E-state index in [1.165, 1.54) is 13.2 Å². The van der Waals surface area contributed by atoms with Gasteiger partial charge in [0.15, 0.2) is 12.1 Å². The van der Waals surface area contributed by atoms with Crippen LogP contribution in [0.3, 0.4) is 0 Å². The molecule has 0 spiro atoms. The molecule has 0 fully saturated rings. The number of methoxy groups -OCH3 is 1. The van der Waals surface area contributed by atoms with Crippen LogP contribution in [0.1, 0.15) is 5.76 Å². The molecule has 0 saturated carbocycles. The monoisotopic (exact) mass is 285 g/mol. The number of aliphatic carboxylic acids is 1. The molecule has 0 aromatic carbocycles. The Bertz CT molecular complexity index is 486. The molecule has 0 aliphatic carbocycles. The minimum absolute atomic E-state index is 0.238. The molecule has 0 saturated heterocycles. The Morgan fingerprint density at radius 1 is 1.60 bits per heavy atom. The first-order valence-electron chi connectivity index (χ1n) is 5.65. The van der Waals surface area contributed by atoms with Crippen LogP contribution in [0.25, 0.3) is 0 Å². The number of nitrogens with one attached hydrogen (secondary N) is 2. The Morgan fingerprint density at radius 2 is 2.30 bits per heavy atom. The smallest absolute Gasteiger partial charge is 0.322 e. The third-order valence-corrected chi connectivity index (χ3v) is 2.36. The highest BCUT2D eigenvalue weighted by atomic mass is 16.5. The molecule has 1 amide bonds. The Kier molecular flexibility index (Phi) is 5.66. The Balaban J connectivity index is 2.81. The molecular weight excluding hydrogens is 270 g/mol. The number of nitrogens with zero attached hydrogens (tertiary/aromatic N) is 1. The number of carboxylic acid groups (broad SMARTS) is 1. The van der Waals surface area contributed by atoms with E-state index in [1.54, 1.807) is 6.92 Å². The lowest BCUT2D eigenvalue weighted by molar-refractivity contribution is -0.138. The summed E-state index contributed by atoms with van der Waals surface area (Å²) in [5, 5.41) is 17.0. The zero-order valence-electron chi connectivity index (χ0n) is 11.0. The Morgan fingerprint density at radius 3 is 2.75 bits per heavy atom. The Hall–Kier alpha value is -2.42. The van der Waals surface area contributed by atoms with E-state index in [0.717, 1.165) is 0 Å². The molecule has 3 N–H and O–H groups in total. The van der Waals surface area contributed by atoms with Gasteiger partial charge in [-0.1, -0.05) is 5.16 Å². The molecule has 9 nitrogen and oxygen atoms in total. The highest BCUT2D eigenvalue weighted by molar-refractivity contribution is 5.90. The molecule has 1 aromatic rings. The molecule has 20 heavy (non-hydrogen) atoms. The van der Waals surface area contributed by atoms with Crippen LogP contribution in [-0.4, -0.2) is 54.2 Å². The summed E-state index contributed by atoms with van der Waals surface area (Å²) in [7, 11) is 1.26. The van der Waals surface area contributed by atoms with E-state index in [2.05, 4.69) is 15.8 Å². The van der Waals surface area contributed by atoms with E-state index >= 15 is 0 Å². The van der Waals surface area contributed by atoms with E-state index in [4.69, 9.17) is 14.4 Å². The van der Waals surface area contributed by atoms with Crippen molar-refractivity contribution in [2.24, 2.45) is 0 Å². The van der Waals surface area contributed by atoms with Crippen molar-refractivity contribution in [3.63, 3.8) is 0 Å². The van der Waals surface area contributed by atoms with Gasteiger partial charge in [-0.05, 0) is 6.92 Å². The van der Waals surface area contributed by atoms with Crippen LogP contribution >= 0.6 is 0 Å². The Labute approximate surface area is 114 Å². The average molecular weight is 285 g/mol. The molecule has 2 atom stereocenters. The summed E-state index contributed by atoms with van der Waals surface area (Å²) in [5.41, 5.74) is 0. The van der Waals surface area contributed by atoms with Crippen LogP contribution in [-0.2, 0) is 19.1 Å². The molecule has 1 rings (SSSR count). The average Bonchev–Trinajstić information content (AvgIpc) is 2.81. The summed E-state index contributed by atoms with van der Waals surface area (Å²) in [6.07, 6.45) is -0.661. The van der Waals surface area contributed by atoms with Gasteiger partial charge >= 0.3 is 5.97 Å². The summed E-state index contributed by atoms with van der Waals surface area (Å²) in [4.78, 5) is 33.2. The third kappa shape index (κ3) is 4.35. The van der Waals surface area contributed by atoms with Crippen molar-refractivity contribution in [1.29, 1.82) is 0 Å². The lowest BCUT2D eigenvalue weighted by Crippen LogP contribution is -2.49. The maximum absolute atomic E-state index is 11.9. The number of hydrogen-bond acceptors (Lipinski definition) is 7. The SMILES string of the molecule is COC(C=O)[C@H](Nc1cc(C)on1)C(=O)NCC(=O)O. The number of ether oxygens (including phenoxy) is 1. The van der Waals surface area contributed by atoms with Crippen molar-refractivity contribution in [1.82, 2.24) is 10.5 Å². The van der Waals surface area contributed by atoms with Gasteiger partial charge in [-0.2, -0.15) is 0 Å². The number of aromatic nitrogens is 1. The van der Waals surface area contributed by atoms with Gasteiger partial charge in [-0.3, -0.25) is 9.59 Å². The van der Waals surface area contributed by atoms with Gasteiger partial charge in [0.05, 0.1) is 0 Å². The minimum atomic E-state index is -1.20. The van der Waals surface area contributed by atoms with Crippen LogP contribution in [0.15, 0.2) is 10.6 Å². The van der Waals surface area contributed by atoms with Gasteiger partial charge < -0.3 is 29.8 Å². The highest BCUT2D eigenvalue weighted by Crippen LogP contribution is 2.11. The first-order valence-corrected chi connectivity index (χ1v) is 5.65. The summed E-state index contributed by atoms with van der Waals surface area (Å²) in [5.74, 6) is -1.15. The van der Waals surface area contributed by atoms with Gasteiger partial charge in [0.2, 0.25) is 5.91 Å². The second-order valence-electron chi connectivity index (χ2n) is 3.89. The van der Waals surface area contributed by atoms with Gasteiger partial charge in [0.1, 0.15) is 24.5 Å². The topological polar surface area (TPSA) is 131 Å². The number of aryl methyl sites for hydroxylation is 1. The molecule has 1 aromatic heterocycles. The summed E-state index contributed by atoms with van der Waals surface area (Å²) in [6, 6.07) is 0.399. The number of anilines is 1. The summed E-state index contributed by atoms with van der Waals surface area (Å²) < 4.78 is 9.69. The van der Waals surface area contributed by atoms with Crippen molar-refractivity contribution in [3.8, 4) is 0 Å². The van der Waals surface area contributed by atoms with Gasteiger partial charge in [-0.25, -0.2) is 0 Å². The molecular formula is C11H15N3O6. The predicted molar refractivity (Wildman–Crippen MR) is 66.2 cm³/mol. The number of carbonyl (C=O) groups excluding carboxylic acids is 2. The van der Waals surface area contributed by atoms with E-state index in [9.17, 15) is 14.4 Å². The molecule has 1 unspecified atom stereocenters. The normalized spacial score (nSPS) is 13.3. The van der Waals surface area contributed by atoms with Crippen molar-refractivity contribution in [2.75, 3.05) is 19.0 Å². The summed E-state index contributed by atoms with van der Waals surface area (Å²) >= 11 is 0. The van der Waals surface area contributed by atoms with Crippen molar-refractivity contribution >= 4 is 24.0 Å². The quantitative estimate of drug-likeness (QED) is 0.528. The second kappa shape index (κ2) is 7.24. The van der Waals surface area contributed by atoms with E-state index in [0.29, 0.717) is 12.0 Å².